The first-order chi connectivity index (χ1) is 12.2. The van der Waals surface area contributed by atoms with Gasteiger partial charge >= 0.3 is 0 Å². The standard InChI is InChI=1S/C18H19N3O3S/c1-23-18-11-14(24-21-18)5-6-17(22)20-16(10-13-7-9-25-12-13)15-4-2-3-8-19-15/h2-4,7-9,11-12,16H,5-6,10H2,1H3,(H,20,22). The van der Waals surface area contributed by atoms with E-state index in [1.54, 1.807) is 23.6 Å². The van der Waals surface area contributed by atoms with E-state index < -0.39 is 0 Å². The number of carbonyl (C=O) groups is 1. The maximum atomic E-state index is 12.4. The molecule has 3 heterocycles. The van der Waals surface area contributed by atoms with Crippen molar-refractivity contribution in [1.29, 1.82) is 0 Å². The molecule has 25 heavy (non-hydrogen) atoms. The van der Waals surface area contributed by atoms with Crippen LogP contribution in [-0.2, 0) is 17.6 Å². The summed E-state index contributed by atoms with van der Waals surface area (Å²) in [6.07, 6.45) is 3.23. The Morgan fingerprint density at radius 2 is 2.32 bits per heavy atom. The van der Waals surface area contributed by atoms with E-state index in [2.05, 4.69) is 26.9 Å². The largest absolute Gasteiger partial charge is 0.479 e. The summed E-state index contributed by atoms with van der Waals surface area (Å²) in [4.78, 5) is 16.8. The lowest BCUT2D eigenvalue weighted by Crippen LogP contribution is -2.30. The van der Waals surface area contributed by atoms with Crippen LogP contribution in [0.25, 0.3) is 0 Å². The fourth-order valence-electron chi connectivity index (χ4n) is 2.47. The van der Waals surface area contributed by atoms with Crippen molar-refractivity contribution in [2.45, 2.75) is 25.3 Å². The molecule has 0 aliphatic heterocycles. The summed E-state index contributed by atoms with van der Waals surface area (Å²) in [5.41, 5.74) is 2.03. The van der Waals surface area contributed by atoms with Crippen LogP contribution in [-0.4, -0.2) is 23.2 Å². The van der Waals surface area contributed by atoms with E-state index in [4.69, 9.17) is 9.26 Å². The number of thiophene rings is 1. The third-order valence-corrected chi connectivity index (χ3v) is 4.48. The van der Waals surface area contributed by atoms with Gasteiger partial charge in [0.1, 0.15) is 5.76 Å². The third-order valence-electron chi connectivity index (χ3n) is 3.74. The molecule has 3 aromatic heterocycles. The van der Waals surface area contributed by atoms with Gasteiger partial charge in [-0.05, 0) is 46.1 Å². The predicted octanol–water partition coefficient (Wildman–Crippen LogP) is 3.17. The van der Waals surface area contributed by atoms with Gasteiger partial charge in [-0.3, -0.25) is 9.78 Å². The number of hydrogen-bond donors (Lipinski definition) is 1. The number of nitrogens with zero attached hydrogens (tertiary/aromatic N) is 2. The van der Waals surface area contributed by atoms with E-state index in [-0.39, 0.29) is 11.9 Å². The van der Waals surface area contributed by atoms with E-state index in [1.165, 1.54) is 12.7 Å². The van der Waals surface area contributed by atoms with E-state index in [9.17, 15) is 4.79 Å². The zero-order valence-corrected chi connectivity index (χ0v) is 14.7. The number of rotatable bonds is 8. The summed E-state index contributed by atoms with van der Waals surface area (Å²) in [5.74, 6) is 0.986. The van der Waals surface area contributed by atoms with Gasteiger partial charge in [-0.1, -0.05) is 6.07 Å². The van der Waals surface area contributed by atoms with Gasteiger partial charge in [0.15, 0.2) is 0 Å². The predicted molar refractivity (Wildman–Crippen MR) is 94.5 cm³/mol. The van der Waals surface area contributed by atoms with Gasteiger partial charge in [-0.15, -0.1) is 0 Å². The second kappa shape index (κ2) is 8.43. The first-order valence-electron chi connectivity index (χ1n) is 7.95. The number of aromatic nitrogens is 2. The van der Waals surface area contributed by atoms with Crippen molar-refractivity contribution >= 4 is 17.2 Å². The minimum Gasteiger partial charge on any atom is -0.479 e. The molecule has 0 saturated carbocycles. The molecule has 1 N–H and O–H groups in total. The van der Waals surface area contributed by atoms with Crippen LogP contribution in [0.5, 0.6) is 5.88 Å². The van der Waals surface area contributed by atoms with Crippen LogP contribution < -0.4 is 10.1 Å². The Labute approximate surface area is 149 Å². The average molecular weight is 357 g/mol. The Balaban J connectivity index is 1.61. The second-order valence-electron chi connectivity index (χ2n) is 5.55. The van der Waals surface area contributed by atoms with E-state index in [0.29, 0.717) is 30.9 Å². The molecule has 1 amide bonds. The number of methoxy groups -OCH3 is 1. The first-order valence-corrected chi connectivity index (χ1v) is 8.90. The Morgan fingerprint density at radius 3 is 3.00 bits per heavy atom. The van der Waals surface area contributed by atoms with Crippen molar-refractivity contribution < 1.29 is 14.1 Å². The highest BCUT2D eigenvalue weighted by molar-refractivity contribution is 7.07. The number of nitrogens with one attached hydrogen (secondary N) is 1. The molecule has 7 heteroatoms. The molecule has 0 radical (unpaired) electrons. The molecule has 3 rings (SSSR count). The number of amides is 1. The van der Waals surface area contributed by atoms with Crippen LogP contribution in [0.3, 0.4) is 0 Å². The quantitative estimate of drug-likeness (QED) is 0.670. The molecule has 0 spiro atoms. The number of carbonyl (C=O) groups excluding carboxylic acids is 1. The molecule has 0 aromatic carbocycles. The van der Waals surface area contributed by atoms with E-state index >= 15 is 0 Å². The summed E-state index contributed by atoms with van der Waals surface area (Å²) in [6.45, 7) is 0. The van der Waals surface area contributed by atoms with Gasteiger partial charge in [0.05, 0.1) is 18.8 Å². The maximum absolute atomic E-state index is 12.4. The lowest BCUT2D eigenvalue weighted by Gasteiger charge is -2.17. The molecule has 1 unspecified atom stereocenters. The fourth-order valence-corrected chi connectivity index (χ4v) is 3.15. The van der Waals surface area contributed by atoms with Crippen molar-refractivity contribution in [2.24, 2.45) is 0 Å². The molecule has 0 fully saturated rings. The van der Waals surface area contributed by atoms with Crippen molar-refractivity contribution in [3.8, 4) is 5.88 Å². The molecule has 0 aliphatic carbocycles. The normalized spacial score (nSPS) is 11.9. The Hall–Kier alpha value is -2.67. The second-order valence-corrected chi connectivity index (χ2v) is 6.33. The first kappa shape index (κ1) is 17.2. The topological polar surface area (TPSA) is 77.2 Å². The molecule has 6 nitrogen and oxygen atoms in total. The van der Waals surface area contributed by atoms with Crippen LogP contribution in [0, 0.1) is 0 Å². The SMILES string of the molecule is COc1cc(CCC(=O)NC(Cc2ccsc2)c2ccccn2)on1. The Bertz CT molecular complexity index is 787. The number of aryl methyl sites for hydroxylation is 1. The van der Waals surface area contributed by atoms with Crippen LogP contribution >= 0.6 is 11.3 Å². The number of ether oxygens (including phenoxy) is 1. The zero-order chi connectivity index (χ0) is 17.5. The molecular formula is C18H19N3O3S. The van der Waals surface area contributed by atoms with Gasteiger partial charge in [0.2, 0.25) is 5.91 Å². The zero-order valence-electron chi connectivity index (χ0n) is 13.8. The Kier molecular flexibility index (Phi) is 5.79. The highest BCUT2D eigenvalue weighted by atomic mass is 32.1. The van der Waals surface area contributed by atoms with Gasteiger partial charge in [0, 0.05) is 25.1 Å². The highest BCUT2D eigenvalue weighted by Crippen LogP contribution is 2.19. The maximum Gasteiger partial charge on any atom is 0.254 e. The van der Waals surface area contributed by atoms with E-state index in [0.717, 1.165) is 5.69 Å². The van der Waals surface area contributed by atoms with Crippen LogP contribution in [0.1, 0.15) is 29.5 Å². The Morgan fingerprint density at radius 1 is 1.40 bits per heavy atom. The van der Waals surface area contributed by atoms with Gasteiger partial charge in [-0.2, -0.15) is 11.3 Å². The third kappa shape index (κ3) is 4.90. The van der Waals surface area contributed by atoms with Crippen molar-refractivity contribution in [3.05, 3.63) is 64.3 Å². The number of pyridine rings is 1. The average Bonchev–Trinajstić information content (AvgIpc) is 3.32. The lowest BCUT2D eigenvalue weighted by molar-refractivity contribution is -0.121. The molecule has 130 valence electrons. The van der Waals surface area contributed by atoms with Crippen molar-refractivity contribution in [3.63, 3.8) is 0 Å². The van der Waals surface area contributed by atoms with Gasteiger partial charge in [0.25, 0.3) is 5.88 Å². The summed E-state index contributed by atoms with van der Waals surface area (Å²) >= 11 is 1.64. The minimum atomic E-state index is -0.160. The van der Waals surface area contributed by atoms with Crippen LogP contribution in [0.15, 0.2) is 51.8 Å². The van der Waals surface area contributed by atoms with Gasteiger partial charge < -0.3 is 14.6 Å². The van der Waals surface area contributed by atoms with Crippen LogP contribution in [0.2, 0.25) is 0 Å². The molecule has 1 atom stereocenters. The summed E-state index contributed by atoms with van der Waals surface area (Å²) in [5, 5.41) is 10.9. The summed E-state index contributed by atoms with van der Waals surface area (Å²) < 4.78 is 10.1. The highest BCUT2D eigenvalue weighted by Gasteiger charge is 2.17. The summed E-state index contributed by atoms with van der Waals surface area (Å²) in [7, 11) is 1.52. The van der Waals surface area contributed by atoms with E-state index in [1.807, 2.05) is 23.6 Å². The summed E-state index contributed by atoms with van der Waals surface area (Å²) in [6, 6.07) is 9.31. The molecule has 0 bridgehead atoms. The monoisotopic (exact) mass is 357 g/mol. The van der Waals surface area contributed by atoms with Crippen molar-refractivity contribution in [1.82, 2.24) is 15.5 Å². The van der Waals surface area contributed by atoms with Gasteiger partial charge in [-0.25, -0.2) is 0 Å². The molecule has 0 saturated heterocycles. The lowest BCUT2D eigenvalue weighted by atomic mass is 10.0. The molecule has 3 aromatic rings. The van der Waals surface area contributed by atoms with Crippen molar-refractivity contribution in [2.75, 3.05) is 7.11 Å². The fraction of sp³-hybridized carbons (Fsp3) is 0.278. The molecule has 0 aliphatic rings. The molecular weight excluding hydrogens is 338 g/mol. The minimum absolute atomic E-state index is 0.0544. The van der Waals surface area contributed by atoms with Crippen LogP contribution in [0.4, 0.5) is 0 Å². The number of hydrogen-bond acceptors (Lipinski definition) is 6. The smallest absolute Gasteiger partial charge is 0.254 e.